The quantitative estimate of drug-likeness (QED) is 0.574. The van der Waals surface area contributed by atoms with E-state index in [2.05, 4.69) is 15.5 Å². The van der Waals surface area contributed by atoms with Crippen molar-refractivity contribution in [2.24, 2.45) is 0 Å². The Morgan fingerprint density at radius 3 is 2.77 bits per heavy atom. The Balaban J connectivity index is 1.40. The molecule has 0 spiro atoms. The molecule has 0 unspecified atom stereocenters. The van der Waals surface area contributed by atoms with Crippen LogP contribution in [-0.4, -0.2) is 41.9 Å². The van der Waals surface area contributed by atoms with E-state index in [1.54, 1.807) is 36.5 Å². The third kappa shape index (κ3) is 5.03. The molecule has 1 aliphatic heterocycles. The molecule has 10 heteroatoms. The summed E-state index contributed by atoms with van der Waals surface area (Å²) in [7, 11) is -3.58. The van der Waals surface area contributed by atoms with E-state index >= 15 is 0 Å². The van der Waals surface area contributed by atoms with Crippen LogP contribution in [0.3, 0.4) is 0 Å². The molecule has 0 atom stereocenters. The van der Waals surface area contributed by atoms with Gasteiger partial charge in [-0.15, -0.1) is 0 Å². The molecule has 1 N–H and O–H groups in total. The van der Waals surface area contributed by atoms with E-state index in [-0.39, 0.29) is 17.2 Å². The van der Waals surface area contributed by atoms with Gasteiger partial charge in [-0.1, -0.05) is 17.6 Å². The molecule has 8 nitrogen and oxygen atoms in total. The van der Waals surface area contributed by atoms with Crippen molar-refractivity contribution in [2.75, 3.05) is 18.4 Å². The van der Waals surface area contributed by atoms with Crippen LogP contribution in [0.4, 0.5) is 5.69 Å². The lowest BCUT2D eigenvalue weighted by atomic mass is 10.2. The van der Waals surface area contributed by atoms with E-state index in [1.165, 1.54) is 4.31 Å². The average molecular weight is 461 g/mol. The number of aryl methyl sites for hydroxylation is 2. The molecule has 1 aliphatic rings. The van der Waals surface area contributed by atoms with Gasteiger partial charge in [-0.2, -0.15) is 20.6 Å². The zero-order valence-electron chi connectivity index (χ0n) is 17.2. The first kappa shape index (κ1) is 21.7. The Morgan fingerprint density at radius 1 is 1.23 bits per heavy atom. The van der Waals surface area contributed by atoms with Gasteiger partial charge in [0.05, 0.1) is 4.90 Å². The van der Waals surface area contributed by atoms with Crippen LogP contribution in [0.5, 0.6) is 0 Å². The number of sulfonamides is 1. The first-order valence-electron chi connectivity index (χ1n) is 10.2. The van der Waals surface area contributed by atoms with Crippen molar-refractivity contribution in [1.82, 2.24) is 14.4 Å². The largest absolute Gasteiger partial charge is 0.339 e. The van der Waals surface area contributed by atoms with Crippen molar-refractivity contribution in [3.05, 3.63) is 46.5 Å². The summed E-state index contributed by atoms with van der Waals surface area (Å²) in [5.41, 5.74) is 2.00. The molecule has 164 valence electrons. The van der Waals surface area contributed by atoms with Gasteiger partial charge in [0.15, 0.2) is 0 Å². The van der Waals surface area contributed by atoms with Crippen LogP contribution in [0, 0.1) is 6.92 Å². The maximum atomic E-state index is 13.0. The molecule has 4 rings (SSSR count). The molecule has 3 heterocycles. The summed E-state index contributed by atoms with van der Waals surface area (Å²) >= 11 is 1.54. The molecule has 0 aliphatic carbocycles. The zero-order valence-corrected chi connectivity index (χ0v) is 18.8. The van der Waals surface area contributed by atoms with Crippen LogP contribution in [0.15, 0.2) is 44.4 Å². The lowest BCUT2D eigenvalue weighted by molar-refractivity contribution is -0.116. The minimum Gasteiger partial charge on any atom is -0.339 e. The number of hydrogen-bond acceptors (Lipinski definition) is 7. The number of anilines is 1. The molecule has 2 aromatic heterocycles. The Kier molecular flexibility index (Phi) is 6.49. The average Bonchev–Trinajstić information content (AvgIpc) is 3.46. The summed E-state index contributed by atoms with van der Waals surface area (Å²) in [6.07, 6.45) is 3.24. The van der Waals surface area contributed by atoms with Crippen molar-refractivity contribution in [3.63, 3.8) is 0 Å². The standard InChI is InChI=1S/C21H24N4O4S2/c1-15-5-6-17(13-18(15)31(27,28)25-10-3-2-4-11-25)22-19(26)7-8-20-23-21(24-29-20)16-9-12-30-14-16/h5-6,9,12-14H,2-4,7-8,10-11H2,1H3,(H,22,26). The van der Waals surface area contributed by atoms with Gasteiger partial charge in [-0.3, -0.25) is 4.79 Å². The molecule has 3 aromatic rings. The van der Waals surface area contributed by atoms with Crippen LogP contribution in [0.25, 0.3) is 11.4 Å². The second-order valence-electron chi connectivity index (χ2n) is 7.52. The van der Waals surface area contributed by atoms with Gasteiger partial charge >= 0.3 is 0 Å². The van der Waals surface area contributed by atoms with Crippen molar-refractivity contribution < 1.29 is 17.7 Å². The van der Waals surface area contributed by atoms with E-state index in [0.29, 0.717) is 42.5 Å². The summed E-state index contributed by atoms with van der Waals surface area (Å²) in [6.45, 7) is 2.84. The van der Waals surface area contributed by atoms with E-state index in [4.69, 9.17) is 4.52 Å². The molecule has 0 radical (unpaired) electrons. The number of benzene rings is 1. The Hall–Kier alpha value is -2.56. The second kappa shape index (κ2) is 9.29. The topological polar surface area (TPSA) is 105 Å². The fourth-order valence-corrected chi connectivity index (χ4v) is 5.91. The van der Waals surface area contributed by atoms with Gasteiger partial charge in [-0.25, -0.2) is 8.42 Å². The van der Waals surface area contributed by atoms with Gasteiger partial charge in [0.2, 0.25) is 27.6 Å². The molecular formula is C21H24N4O4S2. The summed E-state index contributed by atoms with van der Waals surface area (Å²) in [4.78, 5) is 17.0. The molecule has 1 aromatic carbocycles. The predicted octanol–water partition coefficient (Wildman–Crippen LogP) is 3.85. The smallest absolute Gasteiger partial charge is 0.243 e. The predicted molar refractivity (Wildman–Crippen MR) is 118 cm³/mol. The first-order chi connectivity index (χ1) is 14.9. The monoisotopic (exact) mass is 460 g/mol. The van der Waals surface area contributed by atoms with Crippen molar-refractivity contribution in [3.8, 4) is 11.4 Å². The van der Waals surface area contributed by atoms with Gasteiger partial charge in [0.25, 0.3) is 0 Å². The molecule has 0 saturated carbocycles. The van der Waals surface area contributed by atoms with E-state index in [0.717, 1.165) is 24.8 Å². The molecule has 1 amide bonds. The molecular weight excluding hydrogens is 436 g/mol. The summed E-state index contributed by atoms with van der Waals surface area (Å²) in [5, 5.41) is 10.6. The molecule has 0 bridgehead atoms. The van der Waals surface area contributed by atoms with Crippen LogP contribution in [-0.2, 0) is 21.2 Å². The number of carbonyl (C=O) groups is 1. The maximum Gasteiger partial charge on any atom is 0.243 e. The third-order valence-corrected chi connectivity index (χ3v) is 7.94. The van der Waals surface area contributed by atoms with Crippen molar-refractivity contribution in [2.45, 2.75) is 43.9 Å². The fourth-order valence-electron chi connectivity index (χ4n) is 3.51. The SMILES string of the molecule is Cc1ccc(NC(=O)CCc2nc(-c3ccsc3)no2)cc1S(=O)(=O)N1CCCCC1. The number of nitrogens with zero attached hydrogens (tertiary/aromatic N) is 3. The number of aromatic nitrogens is 2. The molecule has 1 fully saturated rings. The zero-order chi connectivity index (χ0) is 21.8. The highest BCUT2D eigenvalue weighted by Crippen LogP contribution is 2.26. The number of carbonyl (C=O) groups excluding carboxylic acids is 1. The van der Waals surface area contributed by atoms with Crippen LogP contribution in [0.1, 0.15) is 37.1 Å². The summed E-state index contributed by atoms with van der Waals surface area (Å²) < 4.78 is 32.8. The summed E-state index contributed by atoms with van der Waals surface area (Å²) in [6, 6.07) is 6.87. The minimum absolute atomic E-state index is 0.146. The number of rotatable bonds is 7. The minimum atomic E-state index is -3.58. The highest BCUT2D eigenvalue weighted by molar-refractivity contribution is 7.89. The number of thiophene rings is 1. The van der Waals surface area contributed by atoms with Crippen molar-refractivity contribution in [1.29, 1.82) is 0 Å². The van der Waals surface area contributed by atoms with Crippen LogP contribution >= 0.6 is 11.3 Å². The highest BCUT2D eigenvalue weighted by atomic mass is 32.2. The Morgan fingerprint density at radius 2 is 2.03 bits per heavy atom. The van der Waals surface area contributed by atoms with Crippen molar-refractivity contribution >= 4 is 33.0 Å². The Labute approximate surface area is 185 Å². The molecule has 1 saturated heterocycles. The Bertz CT molecular complexity index is 1150. The van der Waals surface area contributed by atoms with Crippen LogP contribution < -0.4 is 5.32 Å². The number of piperidine rings is 1. The second-order valence-corrected chi connectivity index (χ2v) is 10.2. The van der Waals surface area contributed by atoms with E-state index in [1.807, 2.05) is 16.8 Å². The first-order valence-corrected chi connectivity index (χ1v) is 12.6. The number of amides is 1. The normalized spacial score (nSPS) is 15.1. The lowest BCUT2D eigenvalue weighted by Gasteiger charge is -2.26. The van der Waals surface area contributed by atoms with Gasteiger partial charge in [-0.05, 0) is 48.9 Å². The maximum absolute atomic E-state index is 13.0. The van der Waals surface area contributed by atoms with Gasteiger partial charge in [0.1, 0.15) is 0 Å². The van der Waals surface area contributed by atoms with E-state index in [9.17, 15) is 13.2 Å². The number of nitrogens with one attached hydrogen (secondary N) is 1. The summed E-state index contributed by atoms with van der Waals surface area (Å²) in [5.74, 6) is 0.636. The highest BCUT2D eigenvalue weighted by Gasteiger charge is 2.27. The van der Waals surface area contributed by atoms with Gasteiger partial charge in [0, 0.05) is 42.6 Å². The van der Waals surface area contributed by atoms with Crippen LogP contribution in [0.2, 0.25) is 0 Å². The third-order valence-electron chi connectivity index (χ3n) is 5.22. The van der Waals surface area contributed by atoms with Gasteiger partial charge < -0.3 is 9.84 Å². The van der Waals surface area contributed by atoms with E-state index < -0.39 is 10.0 Å². The fraction of sp³-hybridized carbons (Fsp3) is 0.381. The lowest BCUT2D eigenvalue weighted by Crippen LogP contribution is -2.36. The number of hydrogen-bond donors (Lipinski definition) is 1. The molecule has 31 heavy (non-hydrogen) atoms.